The maximum atomic E-state index is 13.6. The average Bonchev–Trinajstić information content (AvgIpc) is 2.90. The average molecular weight is 527 g/mol. The van der Waals surface area contributed by atoms with Crippen LogP contribution in [0, 0.1) is 0 Å². The van der Waals surface area contributed by atoms with Gasteiger partial charge in [-0.05, 0) is 44.0 Å². The molecule has 2 N–H and O–H groups in total. The molecule has 204 valence electrons. The number of methoxy groups -OCH3 is 3. The molecule has 2 amide bonds. The molecule has 0 saturated carbocycles. The smallest absolute Gasteiger partial charge is 0.332 e. The molecule has 0 atom stereocenters. The van der Waals surface area contributed by atoms with Gasteiger partial charge in [0, 0.05) is 37.9 Å². The van der Waals surface area contributed by atoms with Crippen LogP contribution in [0.5, 0.6) is 11.5 Å². The Morgan fingerprint density at radius 3 is 2.21 bits per heavy atom. The number of ether oxygens (including phenoxy) is 3. The summed E-state index contributed by atoms with van der Waals surface area (Å²) in [5, 5.41) is 5.78. The standard InChI is InChI=1S/C27H34N4O7/c1-17(2)29-25(33)19-9-7-18(8-10-19)15-31-26(34)20-13-22(37-4)23(38-5)14-21(20)30(27(31)35)16-24(32)28-11-6-12-36-3/h7-10,13-14,17H,6,11-12,15-16H2,1-5H3,(H,28,32)(H,29,33). The Hall–Kier alpha value is -4.12. The number of aromatic nitrogens is 2. The third-order valence-corrected chi connectivity index (χ3v) is 5.86. The highest BCUT2D eigenvalue weighted by atomic mass is 16.5. The van der Waals surface area contributed by atoms with Crippen molar-refractivity contribution in [3.63, 3.8) is 0 Å². The van der Waals surface area contributed by atoms with E-state index < -0.39 is 11.2 Å². The van der Waals surface area contributed by atoms with Gasteiger partial charge in [-0.2, -0.15) is 0 Å². The van der Waals surface area contributed by atoms with Crippen molar-refractivity contribution in [3.8, 4) is 11.5 Å². The summed E-state index contributed by atoms with van der Waals surface area (Å²) in [4.78, 5) is 52.0. The number of benzene rings is 2. The molecule has 0 saturated heterocycles. The maximum Gasteiger partial charge on any atom is 0.332 e. The number of carbonyl (C=O) groups is 2. The zero-order chi connectivity index (χ0) is 27.8. The van der Waals surface area contributed by atoms with Gasteiger partial charge in [0.2, 0.25) is 5.91 Å². The summed E-state index contributed by atoms with van der Waals surface area (Å²) in [5.41, 5.74) is 0.169. The van der Waals surface area contributed by atoms with Crippen molar-refractivity contribution < 1.29 is 23.8 Å². The highest BCUT2D eigenvalue weighted by Gasteiger charge is 2.19. The molecule has 0 spiro atoms. The predicted molar refractivity (Wildman–Crippen MR) is 143 cm³/mol. The van der Waals surface area contributed by atoms with Crippen LogP contribution in [0.2, 0.25) is 0 Å². The van der Waals surface area contributed by atoms with Crippen molar-refractivity contribution >= 4 is 22.7 Å². The minimum absolute atomic E-state index is 0.00962. The molecule has 38 heavy (non-hydrogen) atoms. The van der Waals surface area contributed by atoms with E-state index in [0.29, 0.717) is 42.2 Å². The summed E-state index contributed by atoms with van der Waals surface area (Å²) in [6.07, 6.45) is 0.619. The molecule has 0 bridgehead atoms. The molecule has 11 heteroatoms. The van der Waals surface area contributed by atoms with Gasteiger partial charge in [0.15, 0.2) is 11.5 Å². The molecule has 0 fully saturated rings. The highest BCUT2D eigenvalue weighted by molar-refractivity contribution is 5.94. The van der Waals surface area contributed by atoms with Crippen LogP contribution in [0.4, 0.5) is 0 Å². The number of rotatable bonds is 12. The minimum atomic E-state index is -0.650. The molecule has 0 aliphatic carbocycles. The Morgan fingerprint density at radius 1 is 0.947 bits per heavy atom. The second kappa shape index (κ2) is 12.9. The van der Waals surface area contributed by atoms with Crippen molar-refractivity contribution in [2.45, 2.75) is 39.4 Å². The van der Waals surface area contributed by atoms with Gasteiger partial charge in [-0.1, -0.05) is 12.1 Å². The Morgan fingerprint density at radius 2 is 1.61 bits per heavy atom. The van der Waals surface area contributed by atoms with Crippen LogP contribution in [0.15, 0.2) is 46.0 Å². The van der Waals surface area contributed by atoms with E-state index >= 15 is 0 Å². The zero-order valence-electron chi connectivity index (χ0n) is 22.3. The van der Waals surface area contributed by atoms with Crippen molar-refractivity contribution in [1.82, 2.24) is 19.8 Å². The summed E-state index contributed by atoms with van der Waals surface area (Å²) < 4.78 is 18.0. The summed E-state index contributed by atoms with van der Waals surface area (Å²) in [6, 6.07) is 9.66. The molecule has 2 aromatic carbocycles. The van der Waals surface area contributed by atoms with E-state index in [0.717, 1.165) is 4.57 Å². The number of amides is 2. The van der Waals surface area contributed by atoms with Crippen LogP contribution in [-0.4, -0.2) is 61.5 Å². The van der Waals surface area contributed by atoms with Crippen LogP contribution in [0.3, 0.4) is 0 Å². The van der Waals surface area contributed by atoms with Crippen molar-refractivity contribution in [1.29, 1.82) is 0 Å². The first-order valence-electron chi connectivity index (χ1n) is 12.2. The Labute approximate surface area is 220 Å². The third kappa shape index (κ3) is 6.60. The maximum absolute atomic E-state index is 13.6. The summed E-state index contributed by atoms with van der Waals surface area (Å²) in [6.45, 7) is 4.26. The monoisotopic (exact) mass is 526 g/mol. The van der Waals surface area contributed by atoms with E-state index in [1.165, 1.54) is 30.9 Å². The lowest BCUT2D eigenvalue weighted by molar-refractivity contribution is -0.121. The zero-order valence-corrected chi connectivity index (χ0v) is 22.3. The number of nitrogens with one attached hydrogen (secondary N) is 2. The largest absolute Gasteiger partial charge is 0.493 e. The van der Waals surface area contributed by atoms with Gasteiger partial charge in [-0.15, -0.1) is 0 Å². The first-order valence-corrected chi connectivity index (χ1v) is 12.2. The number of hydrogen-bond acceptors (Lipinski definition) is 7. The lowest BCUT2D eigenvalue weighted by Gasteiger charge is -2.16. The molecule has 0 aliphatic rings. The van der Waals surface area contributed by atoms with Gasteiger partial charge in [-0.3, -0.25) is 23.5 Å². The van der Waals surface area contributed by atoms with Crippen LogP contribution < -0.4 is 31.4 Å². The number of nitrogens with zero attached hydrogens (tertiary/aromatic N) is 2. The first-order chi connectivity index (χ1) is 18.2. The van der Waals surface area contributed by atoms with Gasteiger partial charge in [0.25, 0.3) is 11.5 Å². The van der Waals surface area contributed by atoms with E-state index in [9.17, 15) is 19.2 Å². The molecule has 3 aromatic rings. The minimum Gasteiger partial charge on any atom is -0.493 e. The third-order valence-electron chi connectivity index (χ3n) is 5.86. The van der Waals surface area contributed by atoms with Gasteiger partial charge >= 0.3 is 5.69 Å². The Bertz CT molecular complexity index is 1410. The lowest BCUT2D eigenvalue weighted by Crippen LogP contribution is -2.43. The second-order valence-corrected chi connectivity index (χ2v) is 9.01. The van der Waals surface area contributed by atoms with Gasteiger partial charge in [0.05, 0.1) is 31.7 Å². The molecule has 1 aromatic heterocycles. The van der Waals surface area contributed by atoms with Gasteiger partial charge in [-0.25, -0.2) is 4.79 Å². The van der Waals surface area contributed by atoms with E-state index in [1.807, 2.05) is 13.8 Å². The Balaban J connectivity index is 2.05. The van der Waals surface area contributed by atoms with Crippen molar-refractivity contribution in [2.75, 3.05) is 34.5 Å². The normalized spacial score (nSPS) is 11.0. The molecule has 0 aliphatic heterocycles. The van der Waals surface area contributed by atoms with Crippen LogP contribution in [-0.2, 0) is 22.6 Å². The van der Waals surface area contributed by atoms with Crippen LogP contribution in [0.1, 0.15) is 36.2 Å². The van der Waals surface area contributed by atoms with Gasteiger partial charge < -0.3 is 24.8 Å². The van der Waals surface area contributed by atoms with Crippen molar-refractivity contribution in [3.05, 3.63) is 68.4 Å². The lowest BCUT2D eigenvalue weighted by atomic mass is 10.1. The summed E-state index contributed by atoms with van der Waals surface area (Å²) in [7, 11) is 4.47. The molecular formula is C27H34N4O7. The van der Waals surface area contributed by atoms with E-state index in [1.54, 1.807) is 31.4 Å². The van der Waals surface area contributed by atoms with Crippen molar-refractivity contribution in [2.24, 2.45) is 0 Å². The van der Waals surface area contributed by atoms with Gasteiger partial charge in [0.1, 0.15) is 6.54 Å². The fraction of sp³-hybridized carbons (Fsp3) is 0.407. The van der Waals surface area contributed by atoms with Crippen LogP contribution in [0.25, 0.3) is 10.9 Å². The first kappa shape index (κ1) is 28.5. The number of hydrogen-bond donors (Lipinski definition) is 2. The molecule has 3 rings (SSSR count). The highest BCUT2D eigenvalue weighted by Crippen LogP contribution is 2.30. The molecule has 1 heterocycles. The van der Waals surface area contributed by atoms with Crippen LogP contribution >= 0.6 is 0 Å². The fourth-order valence-electron chi connectivity index (χ4n) is 3.97. The SMILES string of the molecule is COCCCNC(=O)Cn1c(=O)n(Cc2ccc(C(=O)NC(C)C)cc2)c(=O)c2cc(OC)c(OC)cc21. The second-order valence-electron chi connectivity index (χ2n) is 9.01. The molecule has 11 nitrogen and oxygen atoms in total. The van der Waals surface area contributed by atoms with E-state index in [-0.39, 0.29) is 41.8 Å². The summed E-state index contributed by atoms with van der Waals surface area (Å²) in [5.74, 6) is 0.0405. The topological polar surface area (TPSA) is 130 Å². The van der Waals surface area contributed by atoms with E-state index in [4.69, 9.17) is 14.2 Å². The summed E-state index contributed by atoms with van der Waals surface area (Å²) >= 11 is 0. The number of carbonyl (C=O) groups excluding carboxylic acids is 2. The predicted octanol–water partition coefficient (Wildman–Crippen LogP) is 1.52. The molecular weight excluding hydrogens is 492 g/mol. The molecule has 0 radical (unpaired) electrons. The quantitative estimate of drug-likeness (QED) is 0.342. The van der Waals surface area contributed by atoms with E-state index in [2.05, 4.69) is 10.6 Å². The molecule has 0 unspecified atom stereocenters. The Kier molecular flexibility index (Phi) is 9.66. The number of fused-ring (bicyclic) bond motifs is 1. The fourth-order valence-corrected chi connectivity index (χ4v) is 3.97.